The van der Waals surface area contributed by atoms with Crippen molar-refractivity contribution in [1.29, 1.82) is 0 Å². The second-order valence-corrected chi connectivity index (χ2v) is 2.47. The number of carboxylic acids is 1. The van der Waals surface area contributed by atoms with Gasteiger partial charge in [0.1, 0.15) is 0 Å². The first-order valence-corrected chi connectivity index (χ1v) is 3.66. The van der Waals surface area contributed by atoms with Crippen molar-refractivity contribution >= 4 is 23.4 Å². The monoisotopic (exact) mass is 171 g/mol. The van der Waals surface area contributed by atoms with Crippen molar-refractivity contribution in [1.82, 2.24) is 4.98 Å². The number of aliphatic hydroxyl groups excluding tert-OH is 1. The average molecular weight is 171 g/mol. The van der Waals surface area contributed by atoms with Crippen LogP contribution in [0.2, 0.25) is 0 Å². The Labute approximate surface area is 66.4 Å². The maximum atomic E-state index is 10.1. The van der Waals surface area contributed by atoms with Gasteiger partial charge in [0, 0.05) is 11.5 Å². The summed E-state index contributed by atoms with van der Waals surface area (Å²) in [5.74, 6) is -2.05. The van der Waals surface area contributed by atoms with Crippen LogP contribution in [0.4, 0.5) is 0 Å². The molecule has 5 heteroatoms. The third-order valence-corrected chi connectivity index (χ3v) is 1.56. The normalized spacial score (nSPS) is 11.5. The second kappa shape index (κ2) is 3.16. The number of hydrogen-bond donors (Lipinski definition) is 2. The lowest BCUT2D eigenvalue weighted by molar-refractivity contribution is -0.135. The predicted molar refractivity (Wildman–Crippen MR) is 40.4 cm³/mol. The zero-order valence-electron chi connectivity index (χ0n) is 5.39. The van der Waals surface area contributed by atoms with Crippen molar-refractivity contribution in [2.24, 2.45) is 0 Å². The van der Waals surface area contributed by atoms with Crippen molar-refractivity contribution in [3.8, 4) is 0 Å². The Kier molecular flexibility index (Phi) is 2.22. The van der Waals surface area contributed by atoms with Crippen LogP contribution in [0, 0.1) is 0 Å². The van der Waals surface area contributed by atoms with Crippen LogP contribution in [-0.2, 0) is 4.79 Å². The molecule has 0 amide bonds. The van der Waals surface area contributed by atoms with Gasteiger partial charge in [-0.1, -0.05) is 0 Å². The first kappa shape index (κ1) is 7.74. The van der Waals surface area contributed by atoms with Gasteiger partial charge in [0.05, 0.1) is 11.2 Å². The molecule has 1 aromatic heterocycles. The van der Waals surface area contributed by atoms with Gasteiger partial charge in [-0.25, -0.2) is 9.78 Å². The highest BCUT2D eigenvalue weighted by Crippen LogP contribution is 2.05. The molecule has 0 atom stereocenters. The van der Waals surface area contributed by atoms with E-state index in [2.05, 4.69) is 4.98 Å². The molecule has 1 aromatic rings. The van der Waals surface area contributed by atoms with E-state index in [0.717, 1.165) is 6.08 Å². The lowest BCUT2D eigenvalue weighted by atomic mass is 10.4. The third kappa shape index (κ3) is 2.05. The number of rotatable bonds is 2. The number of hydrogen-bond acceptors (Lipinski definition) is 4. The molecule has 58 valence electrons. The van der Waals surface area contributed by atoms with Crippen LogP contribution in [0.1, 0.15) is 5.69 Å². The zero-order chi connectivity index (χ0) is 8.27. The van der Waals surface area contributed by atoms with Crippen LogP contribution in [-0.4, -0.2) is 21.2 Å². The van der Waals surface area contributed by atoms with Gasteiger partial charge < -0.3 is 10.2 Å². The van der Waals surface area contributed by atoms with Gasteiger partial charge in [0.2, 0.25) is 5.76 Å². The van der Waals surface area contributed by atoms with Gasteiger partial charge in [-0.3, -0.25) is 0 Å². The number of aromatic nitrogens is 1. The Hall–Kier alpha value is -1.36. The summed E-state index contributed by atoms with van der Waals surface area (Å²) in [6.07, 6.45) is 1.10. The Balaban J connectivity index is 2.82. The second-order valence-electron chi connectivity index (χ2n) is 1.75. The SMILES string of the molecule is O=C(O)C(O)=Cc1cscn1. The molecular weight excluding hydrogens is 166 g/mol. The molecule has 0 aliphatic heterocycles. The highest BCUT2D eigenvalue weighted by molar-refractivity contribution is 7.07. The standard InChI is InChI=1S/C6H5NO3S/c8-5(6(9)10)1-4-2-11-3-7-4/h1-3,8H,(H,9,10). The molecule has 0 saturated heterocycles. The van der Waals surface area contributed by atoms with E-state index in [1.54, 1.807) is 10.9 Å². The molecule has 0 bridgehead atoms. The summed E-state index contributed by atoms with van der Waals surface area (Å²) in [7, 11) is 0. The van der Waals surface area contributed by atoms with Crippen molar-refractivity contribution in [2.75, 3.05) is 0 Å². The fraction of sp³-hybridized carbons (Fsp3) is 0. The van der Waals surface area contributed by atoms with Crippen LogP contribution < -0.4 is 0 Å². The molecule has 1 heterocycles. The molecule has 0 aliphatic carbocycles. The highest BCUT2D eigenvalue weighted by Gasteiger charge is 2.03. The van der Waals surface area contributed by atoms with Crippen molar-refractivity contribution in [3.63, 3.8) is 0 Å². The van der Waals surface area contributed by atoms with E-state index < -0.39 is 11.7 Å². The summed E-state index contributed by atoms with van der Waals surface area (Å²) in [4.78, 5) is 13.8. The van der Waals surface area contributed by atoms with Gasteiger partial charge in [0.15, 0.2) is 0 Å². The first-order valence-electron chi connectivity index (χ1n) is 2.72. The number of nitrogens with zero attached hydrogens (tertiary/aromatic N) is 1. The molecule has 0 saturated carbocycles. The summed E-state index contributed by atoms with van der Waals surface area (Å²) in [5.41, 5.74) is 2.01. The topological polar surface area (TPSA) is 70.4 Å². The molecule has 11 heavy (non-hydrogen) atoms. The minimum absolute atomic E-state index is 0.454. The quantitative estimate of drug-likeness (QED) is 0.516. The Morgan fingerprint density at radius 3 is 2.82 bits per heavy atom. The van der Waals surface area contributed by atoms with Gasteiger partial charge >= 0.3 is 5.97 Å². The first-order chi connectivity index (χ1) is 5.20. The Morgan fingerprint density at radius 2 is 2.36 bits per heavy atom. The van der Waals surface area contributed by atoms with Crippen LogP contribution in [0.15, 0.2) is 16.6 Å². The lowest BCUT2D eigenvalue weighted by Crippen LogP contribution is -1.98. The van der Waals surface area contributed by atoms with E-state index in [9.17, 15) is 4.79 Å². The van der Waals surface area contributed by atoms with E-state index in [0.29, 0.717) is 5.69 Å². The maximum Gasteiger partial charge on any atom is 0.371 e. The Bertz CT molecular complexity index is 278. The van der Waals surface area contributed by atoms with Crippen LogP contribution in [0.25, 0.3) is 6.08 Å². The van der Waals surface area contributed by atoms with Crippen LogP contribution in [0.5, 0.6) is 0 Å². The van der Waals surface area contributed by atoms with Gasteiger partial charge in [0.25, 0.3) is 0 Å². The third-order valence-electron chi connectivity index (χ3n) is 0.955. The number of aliphatic carboxylic acids is 1. The minimum atomic E-state index is -1.35. The van der Waals surface area contributed by atoms with E-state index in [4.69, 9.17) is 10.2 Å². The average Bonchev–Trinajstić information content (AvgIpc) is 2.39. The maximum absolute atomic E-state index is 10.1. The molecule has 4 nitrogen and oxygen atoms in total. The molecule has 0 unspecified atom stereocenters. The van der Waals surface area contributed by atoms with E-state index in [1.165, 1.54) is 11.3 Å². The van der Waals surface area contributed by atoms with Crippen molar-refractivity contribution in [3.05, 3.63) is 22.3 Å². The lowest BCUT2D eigenvalue weighted by Gasteiger charge is -1.87. The molecule has 0 aromatic carbocycles. The summed E-state index contributed by atoms with van der Waals surface area (Å²) >= 11 is 1.33. The fourth-order valence-corrected chi connectivity index (χ4v) is 1.01. The van der Waals surface area contributed by atoms with Crippen LogP contribution >= 0.6 is 11.3 Å². The molecule has 0 spiro atoms. The minimum Gasteiger partial charge on any atom is -0.502 e. The Morgan fingerprint density at radius 1 is 1.64 bits per heavy atom. The smallest absolute Gasteiger partial charge is 0.371 e. The molecule has 0 radical (unpaired) electrons. The summed E-state index contributed by atoms with van der Waals surface area (Å²) in [6, 6.07) is 0. The predicted octanol–water partition coefficient (Wildman–Crippen LogP) is 1.13. The summed E-state index contributed by atoms with van der Waals surface area (Å²) < 4.78 is 0. The highest BCUT2D eigenvalue weighted by atomic mass is 32.1. The fourth-order valence-electron chi connectivity index (χ4n) is 0.495. The molecule has 2 N–H and O–H groups in total. The van der Waals surface area contributed by atoms with Gasteiger partial charge in [-0.05, 0) is 0 Å². The largest absolute Gasteiger partial charge is 0.502 e. The molecular formula is C6H5NO3S. The number of carboxylic acid groups (broad SMARTS) is 1. The van der Waals surface area contributed by atoms with E-state index in [1.807, 2.05) is 0 Å². The van der Waals surface area contributed by atoms with Gasteiger partial charge in [-0.2, -0.15) is 0 Å². The van der Waals surface area contributed by atoms with E-state index in [-0.39, 0.29) is 0 Å². The number of thiazole rings is 1. The number of aliphatic hydroxyl groups is 1. The molecule has 0 fully saturated rings. The van der Waals surface area contributed by atoms with Crippen LogP contribution in [0.3, 0.4) is 0 Å². The summed E-state index contributed by atoms with van der Waals surface area (Å²) in [5, 5.41) is 18.6. The van der Waals surface area contributed by atoms with E-state index >= 15 is 0 Å². The summed E-state index contributed by atoms with van der Waals surface area (Å²) in [6.45, 7) is 0. The molecule has 1 rings (SSSR count). The van der Waals surface area contributed by atoms with Gasteiger partial charge in [-0.15, -0.1) is 11.3 Å². The van der Waals surface area contributed by atoms with Crippen molar-refractivity contribution < 1.29 is 15.0 Å². The number of carbonyl (C=O) groups is 1. The molecule has 0 aliphatic rings. The zero-order valence-corrected chi connectivity index (χ0v) is 6.21. The van der Waals surface area contributed by atoms with Crippen molar-refractivity contribution in [2.45, 2.75) is 0 Å².